The SMILES string of the molecule is CC1CN(Cc2ccc(CN)s2)CCN1C. The molecule has 0 spiro atoms. The van der Waals surface area contributed by atoms with Crippen molar-refractivity contribution in [1.82, 2.24) is 9.80 Å². The highest BCUT2D eigenvalue weighted by Gasteiger charge is 2.20. The molecule has 1 saturated heterocycles. The zero-order valence-corrected chi connectivity index (χ0v) is 11.0. The van der Waals surface area contributed by atoms with E-state index in [1.807, 2.05) is 11.3 Å². The van der Waals surface area contributed by atoms with Gasteiger partial charge in [0.1, 0.15) is 0 Å². The predicted octanol–water partition coefficient (Wildman–Crippen LogP) is 1.34. The van der Waals surface area contributed by atoms with Gasteiger partial charge in [0.15, 0.2) is 0 Å². The molecule has 1 aromatic rings. The summed E-state index contributed by atoms with van der Waals surface area (Å²) in [4.78, 5) is 7.70. The Kier molecular flexibility index (Phi) is 3.97. The quantitative estimate of drug-likeness (QED) is 0.864. The molecule has 2 rings (SSSR count). The summed E-state index contributed by atoms with van der Waals surface area (Å²) >= 11 is 1.85. The van der Waals surface area contributed by atoms with Gasteiger partial charge in [-0.25, -0.2) is 0 Å². The molecular formula is C12H21N3S. The van der Waals surface area contributed by atoms with E-state index < -0.39 is 0 Å². The minimum atomic E-state index is 0.669. The minimum Gasteiger partial charge on any atom is -0.326 e. The fourth-order valence-corrected chi connectivity index (χ4v) is 3.04. The van der Waals surface area contributed by atoms with E-state index in [1.165, 1.54) is 29.4 Å². The molecule has 2 N–H and O–H groups in total. The molecule has 16 heavy (non-hydrogen) atoms. The third-order valence-corrected chi connectivity index (χ3v) is 4.43. The third kappa shape index (κ3) is 2.83. The first-order chi connectivity index (χ1) is 7.69. The summed E-state index contributed by atoms with van der Waals surface area (Å²) in [5.41, 5.74) is 5.63. The lowest BCUT2D eigenvalue weighted by atomic mass is 10.2. The molecule has 0 bridgehead atoms. The molecule has 1 aliphatic rings. The normalized spacial score (nSPS) is 23.8. The Labute approximate surface area is 102 Å². The summed E-state index contributed by atoms with van der Waals surface area (Å²) < 4.78 is 0. The Morgan fingerprint density at radius 3 is 2.75 bits per heavy atom. The van der Waals surface area contributed by atoms with Gasteiger partial charge >= 0.3 is 0 Å². The Bertz CT molecular complexity index is 337. The zero-order valence-electron chi connectivity index (χ0n) is 10.1. The van der Waals surface area contributed by atoms with E-state index in [0.29, 0.717) is 12.6 Å². The van der Waals surface area contributed by atoms with E-state index in [2.05, 4.69) is 35.9 Å². The van der Waals surface area contributed by atoms with Crippen molar-refractivity contribution in [3.05, 3.63) is 21.9 Å². The number of rotatable bonds is 3. The second-order valence-electron chi connectivity index (χ2n) is 4.64. The number of thiophene rings is 1. The zero-order chi connectivity index (χ0) is 11.5. The van der Waals surface area contributed by atoms with Crippen LogP contribution in [0.15, 0.2) is 12.1 Å². The molecule has 3 nitrogen and oxygen atoms in total. The van der Waals surface area contributed by atoms with Crippen molar-refractivity contribution in [3.8, 4) is 0 Å². The van der Waals surface area contributed by atoms with Crippen LogP contribution in [0.5, 0.6) is 0 Å². The summed E-state index contributed by atoms with van der Waals surface area (Å²) in [5, 5.41) is 0. The Balaban J connectivity index is 1.90. The molecule has 1 atom stereocenters. The van der Waals surface area contributed by atoms with Crippen molar-refractivity contribution >= 4 is 11.3 Å². The number of nitrogens with two attached hydrogens (primary N) is 1. The molecule has 1 fully saturated rings. The molecule has 0 aliphatic carbocycles. The van der Waals surface area contributed by atoms with Gasteiger partial charge in [0.2, 0.25) is 0 Å². The van der Waals surface area contributed by atoms with Crippen LogP contribution in [0.25, 0.3) is 0 Å². The minimum absolute atomic E-state index is 0.669. The van der Waals surface area contributed by atoms with Gasteiger partial charge in [-0.2, -0.15) is 0 Å². The number of likely N-dealkylation sites (N-methyl/N-ethyl adjacent to an activating group) is 1. The Morgan fingerprint density at radius 2 is 2.12 bits per heavy atom. The second kappa shape index (κ2) is 5.27. The average Bonchev–Trinajstić information content (AvgIpc) is 2.71. The lowest BCUT2D eigenvalue weighted by Gasteiger charge is -2.37. The van der Waals surface area contributed by atoms with Crippen LogP contribution in [-0.2, 0) is 13.1 Å². The molecule has 0 radical (unpaired) electrons. The van der Waals surface area contributed by atoms with Crippen LogP contribution >= 0.6 is 11.3 Å². The first kappa shape index (κ1) is 12.0. The summed E-state index contributed by atoms with van der Waals surface area (Å²) in [6.45, 7) is 7.58. The molecule has 0 amide bonds. The van der Waals surface area contributed by atoms with Gasteiger partial charge in [0.25, 0.3) is 0 Å². The molecule has 2 heterocycles. The van der Waals surface area contributed by atoms with E-state index in [0.717, 1.165) is 6.54 Å². The van der Waals surface area contributed by atoms with Gasteiger partial charge in [-0.3, -0.25) is 4.90 Å². The largest absolute Gasteiger partial charge is 0.326 e. The number of piperazine rings is 1. The molecule has 1 aliphatic heterocycles. The molecule has 0 aromatic carbocycles. The first-order valence-electron chi connectivity index (χ1n) is 5.89. The van der Waals surface area contributed by atoms with Crippen LogP contribution in [0, 0.1) is 0 Å². The van der Waals surface area contributed by atoms with Gasteiger partial charge in [-0.1, -0.05) is 0 Å². The van der Waals surface area contributed by atoms with Gasteiger partial charge in [0.05, 0.1) is 0 Å². The highest BCUT2D eigenvalue weighted by molar-refractivity contribution is 7.11. The Hall–Kier alpha value is -0.420. The van der Waals surface area contributed by atoms with Gasteiger partial charge in [0, 0.05) is 48.5 Å². The van der Waals surface area contributed by atoms with Crippen LogP contribution in [0.3, 0.4) is 0 Å². The van der Waals surface area contributed by atoms with Crippen molar-refractivity contribution < 1.29 is 0 Å². The van der Waals surface area contributed by atoms with Gasteiger partial charge < -0.3 is 10.6 Å². The highest BCUT2D eigenvalue weighted by Crippen LogP contribution is 2.19. The number of nitrogens with zero attached hydrogens (tertiary/aromatic N) is 2. The van der Waals surface area contributed by atoms with Crippen LogP contribution in [0.1, 0.15) is 16.7 Å². The molecular weight excluding hydrogens is 218 g/mol. The molecule has 90 valence electrons. The lowest BCUT2D eigenvalue weighted by molar-refractivity contribution is 0.101. The second-order valence-corrected chi connectivity index (χ2v) is 5.89. The summed E-state index contributed by atoms with van der Waals surface area (Å²) in [6.07, 6.45) is 0. The summed E-state index contributed by atoms with van der Waals surface area (Å²) in [7, 11) is 2.21. The van der Waals surface area contributed by atoms with Crippen LogP contribution in [0.4, 0.5) is 0 Å². The van der Waals surface area contributed by atoms with E-state index in [4.69, 9.17) is 5.73 Å². The predicted molar refractivity (Wildman–Crippen MR) is 69.6 cm³/mol. The topological polar surface area (TPSA) is 32.5 Å². The maximum absolute atomic E-state index is 5.63. The average molecular weight is 239 g/mol. The third-order valence-electron chi connectivity index (χ3n) is 3.34. The van der Waals surface area contributed by atoms with Crippen molar-refractivity contribution in [2.24, 2.45) is 5.73 Å². The van der Waals surface area contributed by atoms with Crippen molar-refractivity contribution in [2.75, 3.05) is 26.7 Å². The molecule has 4 heteroatoms. The fourth-order valence-electron chi connectivity index (χ4n) is 2.10. The monoisotopic (exact) mass is 239 g/mol. The highest BCUT2D eigenvalue weighted by atomic mass is 32.1. The smallest absolute Gasteiger partial charge is 0.0329 e. The Morgan fingerprint density at radius 1 is 1.38 bits per heavy atom. The van der Waals surface area contributed by atoms with E-state index >= 15 is 0 Å². The van der Waals surface area contributed by atoms with Crippen molar-refractivity contribution in [2.45, 2.75) is 26.1 Å². The van der Waals surface area contributed by atoms with Crippen molar-refractivity contribution in [3.63, 3.8) is 0 Å². The van der Waals surface area contributed by atoms with Gasteiger partial charge in [-0.05, 0) is 26.1 Å². The number of hydrogen-bond donors (Lipinski definition) is 1. The van der Waals surface area contributed by atoms with Crippen LogP contribution in [0.2, 0.25) is 0 Å². The van der Waals surface area contributed by atoms with E-state index in [-0.39, 0.29) is 0 Å². The first-order valence-corrected chi connectivity index (χ1v) is 6.71. The number of hydrogen-bond acceptors (Lipinski definition) is 4. The maximum atomic E-state index is 5.63. The fraction of sp³-hybridized carbons (Fsp3) is 0.667. The van der Waals surface area contributed by atoms with Gasteiger partial charge in [-0.15, -0.1) is 11.3 Å². The summed E-state index contributed by atoms with van der Waals surface area (Å²) in [6, 6.07) is 5.04. The molecule has 0 saturated carbocycles. The maximum Gasteiger partial charge on any atom is 0.0329 e. The van der Waals surface area contributed by atoms with E-state index in [9.17, 15) is 0 Å². The summed E-state index contributed by atoms with van der Waals surface area (Å²) in [5.74, 6) is 0. The van der Waals surface area contributed by atoms with Crippen LogP contribution < -0.4 is 5.73 Å². The van der Waals surface area contributed by atoms with Crippen LogP contribution in [-0.4, -0.2) is 42.5 Å². The lowest BCUT2D eigenvalue weighted by Crippen LogP contribution is -2.49. The molecule has 1 aromatic heterocycles. The standard InChI is InChI=1S/C12H21N3S/c1-10-8-15(6-5-14(10)2)9-12-4-3-11(7-13)16-12/h3-4,10H,5-9,13H2,1-2H3. The van der Waals surface area contributed by atoms with E-state index in [1.54, 1.807) is 0 Å². The van der Waals surface area contributed by atoms with Crippen molar-refractivity contribution in [1.29, 1.82) is 0 Å². The molecule has 1 unspecified atom stereocenters.